The van der Waals surface area contributed by atoms with E-state index in [1.807, 2.05) is 37.3 Å². The van der Waals surface area contributed by atoms with Crippen molar-refractivity contribution in [1.29, 1.82) is 0 Å². The maximum Gasteiger partial charge on any atom is 0.227 e. The summed E-state index contributed by atoms with van der Waals surface area (Å²) in [5.41, 5.74) is 8.27. The number of ether oxygens (including phenoxy) is 1. The molecule has 0 spiro atoms. The van der Waals surface area contributed by atoms with Gasteiger partial charge in [-0.1, -0.05) is 52.3 Å². The Labute approximate surface area is 189 Å². The van der Waals surface area contributed by atoms with Gasteiger partial charge in [-0.3, -0.25) is 0 Å². The molecule has 0 radical (unpaired) electrons. The Morgan fingerprint density at radius 1 is 1.06 bits per heavy atom. The summed E-state index contributed by atoms with van der Waals surface area (Å²) in [6.45, 7) is 2.03. The van der Waals surface area contributed by atoms with Gasteiger partial charge in [0.05, 0.1) is 4.90 Å². The molecule has 1 atom stereocenters. The highest BCUT2D eigenvalue weighted by atomic mass is 79.9. The van der Waals surface area contributed by atoms with Gasteiger partial charge < -0.3 is 15.4 Å². The number of hydrogen-bond donors (Lipinski definition) is 1. The third-order valence-corrected chi connectivity index (χ3v) is 7.44. The zero-order valence-electron chi connectivity index (χ0n) is 16.6. The molecule has 3 aromatic rings. The first kappa shape index (κ1) is 21.4. The van der Waals surface area contributed by atoms with Gasteiger partial charge in [0.25, 0.3) is 0 Å². The Hall–Kier alpha value is -2.84. The number of halogens is 2. The van der Waals surface area contributed by atoms with E-state index >= 15 is 0 Å². The van der Waals surface area contributed by atoms with E-state index < -0.39 is 21.9 Å². The summed E-state index contributed by atoms with van der Waals surface area (Å²) in [7, 11) is -4.00. The second-order valence-electron chi connectivity index (χ2n) is 7.21. The highest BCUT2D eigenvalue weighted by molar-refractivity contribution is 9.10. The first-order chi connectivity index (χ1) is 14.8. The minimum atomic E-state index is -4.00. The third-order valence-electron chi connectivity index (χ3n) is 5.07. The summed E-state index contributed by atoms with van der Waals surface area (Å²) < 4.78 is 47.7. The standard InChI is InChI=1S/C23H20BrFN2O3S/c1-15-7-10-18(25)13-20(15)22-27(14-16-5-3-2-4-6-16)23(21(26)30-22)31(28,29)19-11-8-17(24)9-12-19/h2-13,22H,14,26H2,1H3. The number of aryl methyl sites for hydroxylation is 1. The fourth-order valence-corrected chi connectivity index (χ4v) is 5.30. The highest BCUT2D eigenvalue weighted by Crippen LogP contribution is 2.41. The predicted molar refractivity (Wildman–Crippen MR) is 119 cm³/mol. The minimum absolute atomic E-state index is 0.0897. The van der Waals surface area contributed by atoms with Crippen molar-refractivity contribution in [3.05, 3.63) is 111 Å². The SMILES string of the molecule is Cc1ccc(F)cc1C1OC(N)=C(S(=O)(=O)c2ccc(Br)cc2)N1Cc1ccccc1. The topological polar surface area (TPSA) is 72.6 Å². The Morgan fingerprint density at radius 3 is 2.42 bits per heavy atom. The van der Waals surface area contributed by atoms with Crippen molar-refractivity contribution >= 4 is 25.8 Å². The van der Waals surface area contributed by atoms with Crippen molar-refractivity contribution in [2.75, 3.05) is 0 Å². The van der Waals surface area contributed by atoms with Gasteiger partial charge in [0, 0.05) is 16.6 Å². The Bertz CT molecular complexity index is 1250. The van der Waals surface area contributed by atoms with E-state index in [0.717, 1.165) is 15.6 Å². The van der Waals surface area contributed by atoms with Crippen LogP contribution >= 0.6 is 15.9 Å². The van der Waals surface area contributed by atoms with Crippen LogP contribution in [0.2, 0.25) is 0 Å². The normalized spacial score (nSPS) is 16.5. The molecule has 1 heterocycles. The number of hydrogen-bond acceptors (Lipinski definition) is 5. The molecular formula is C23H20BrFN2O3S. The van der Waals surface area contributed by atoms with Gasteiger partial charge in [-0.15, -0.1) is 0 Å². The van der Waals surface area contributed by atoms with E-state index in [1.54, 1.807) is 23.1 Å². The molecule has 2 N–H and O–H groups in total. The van der Waals surface area contributed by atoms with Gasteiger partial charge in [-0.25, -0.2) is 12.8 Å². The third kappa shape index (κ3) is 4.18. The largest absolute Gasteiger partial charge is 0.449 e. The Morgan fingerprint density at radius 2 is 1.74 bits per heavy atom. The van der Waals surface area contributed by atoms with E-state index in [1.165, 1.54) is 24.3 Å². The van der Waals surface area contributed by atoms with Gasteiger partial charge in [0.15, 0.2) is 5.03 Å². The van der Waals surface area contributed by atoms with E-state index in [2.05, 4.69) is 15.9 Å². The number of rotatable bonds is 5. The van der Waals surface area contributed by atoms with Crippen LogP contribution in [0.15, 0.2) is 93.1 Å². The summed E-state index contributed by atoms with van der Waals surface area (Å²) in [6.07, 6.45) is -0.879. The summed E-state index contributed by atoms with van der Waals surface area (Å²) in [4.78, 5) is 1.66. The molecule has 0 saturated carbocycles. The molecule has 4 rings (SSSR count). The Kier molecular flexibility index (Phi) is 5.77. The maximum absolute atomic E-state index is 14.0. The highest BCUT2D eigenvalue weighted by Gasteiger charge is 2.42. The first-order valence-corrected chi connectivity index (χ1v) is 11.8. The van der Waals surface area contributed by atoms with Gasteiger partial charge in [-0.2, -0.15) is 0 Å². The van der Waals surface area contributed by atoms with E-state index in [4.69, 9.17) is 10.5 Å². The summed E-state index contributed by atoms with van der Waals surface area (Å²) in [5, 5.41) is -0.132. The van der Waals surface area contributed by atoms with E-state index in [0.29, 0.717) is 5.56 Å². The summed E-state index contributed by atoms with van der Waals surface area (Å²) in [6, 6.07) is 20.0. The van der Waals surface area contributed by atoms with Crippen molar-refractivity contribution in [2.24, 2.45) is 5.73 Å². The van der Waals surface area contributed by atoms with Crippen LogP contribution in [0.4, 0.5) is 4.39 Å². The smallest absolute Gasteiger partial charge is 0.227 e. The second-order valence-corrected chi connectivity index (χ2v) is 9.99. The second kappa shape index (κ2) is 8.36. The average molecular weight is 503 g/mol. The monoisotopic (exact) mass is 502 g/mol. The van der Waals surface area contributed by atoms with Crippen LogP contribution in [0, 0.1) is 12.7 Å². The molecule has 0 aromatic heterocycles. The lowest BCUT2D eigenvalue weighted by atomic mass is 10.1. The lowest BCUT2D eigenvalue weighted by Crippen LogP contribution is -2.28. The van der Waals surface area contributed by atoms with Gasteiger partial charge in [-0.05, 0) is 54.4 Å². The molecule has 5 nitrogen and oxygen atoms in total. The molecule has 0 bridgehead atoms. The summed E-state index contributed by atoms with van der Waals surface area (Å²) in [5.74, 6) is -0.654. The van der Waals surface area contributed by atoms with Crippen LogP contribution in [-0.2, 0) is 21.1 Å². The average Bonchev–Trinajstić information content (AvgIpc) is 3.07. The zero-order valence-corrected chi connectivity index (χ0v) is 19.0. The number of nitrogens with two attached hydrogens (primary N) is 1. The minimum Gasteiger partial charge on any atom is -0.449 e. The Balaban J connectivity index is 1.83. The molecule has 0 amide bonds. The van der Waals surface area contributed by atoms with Crippen molar-refractivity contribution in [3.8, 4) is 0 Å². The van der Waals surface area contributed by atoms with Crippen molar-refractivity contribution < 1.29 is 17.5 Å². The number of sulfone groups is 1. The fraction of sp³-hybridized carbons (Fsp3) is 0.130. The summed E-state index contributed by atoms with van der Waals surface area (Å²) >= 11 is 3.32. The van der Waals surface area contributed by atoms with Gasteiger partial charge >= 0.3 is 0 Å². The van der Waals surface area contributed by atoms with Gasteiger partial charge in [0.2, 0.25) is 21.9 Å². The molecule has 1 unspecified atom stereocenters. The molecule has 0 aliphatic carbocycles. The number of benzene rings is 3. The van der Waals surface area contributed by atoms with Gasteiger partial charge in [0.1, 0.15) is 5.82 Å². The quantitative estimate of drug-likeness (QED) is 0.532. The molecule has 31 heavy (non-hydrogen) atoms. The first-order valence-electron chi connectivity index (χ1n) is 9.51. The van der Waals surface area contributed by atoms with Crippen LogP contribution in [0.1, 0.15) is 22.9 Å². The van der Waals surface area contributed by atoms with Crippen LogP contribution in [0.5, 0.6) is 0 Å². The predicted octanol–water partition coefficient (Wildman–Crippen LogP) is 4.99. The van der Waals surface area contributed by atoms with Crippen LogP contribution < -0.4 is 5.73 Å². The van der Waals surface area contributed by atoms with Crippen LogP contribution in [0.3, 0.4) is 0 Å². The maximum atomic E-state index is 14.0. The fourth-order valence-electron chi connectivity index (χ4n) is 3.54. The molecule has 8 heteroatoms. The van der Waals surface area contributed by atoms with E-state index in [9.17, 15) is 12.8 Å². The molecule has 0 saturated heterocycles. The molecule has 3 aromatic carbocycles. The molecule has 160 valence electrons. The molecule has 1 aliphatic heterocycles. The molecule has 1 aliphatic rings. The van der Waals surface area contributed by atoms with Crippen LogP contribution in [0.25, 0.3) is 0 Å². The molecular weight excluding hydrogens is 483 g/mol. The van der Waals surface area contributed by atoms with Crippen molar-refractivity contribution in [1.82, 2.24) is 4.90 Å². The van der Waals surface area contributed by atoms with Crippen molar-refractivity contribution in [3.63, 3.8) is 0 Å². The van der Waals surface area contributed by atoms with Crippen LogP contribution in [-0.4, -0.2) is 13.3 Å². The van der Waals surface area contributed by atoms with E-state index in [-0.39, 0.29) is 22.4 Å². The lowest BCUT2D eigenvalue weighted by molar-refractivity contribution is 0.0353. The number of nitrogens with zero attached hydrogens (tertiary/aromatic N) is 1. The molecule has 0 fully saturated rings. The van der Waals surface area contributed by atoms with Crippen molar-refractivity contribution in [2.45, 2.75) is 24.6 Å². The zero-order chi connectivity index (χ0) is 22.2. The lowest BCUT2D eigenvalue weighted by Gasteiger charge is -2.28.